The fourth-order valence-corrected chi connectivity index (χ4v) is 3.02. The van der Waals surface area contributed by atoms with Gasteiger partial charge in [0.25, 0.3) is 5.91 Å². The Balaban J connectivity index is 1.33. The highest BCUT2D eigenvalue weighted by Crippen LogP contribution is 2.34. The summed E-state index contributed by atoms with van der Waals surface area (Å²) in [6.45, 7) is 5.41. The Bertz CT molecular complexity index is 808. The van der Waals surface area contributed by atoms with Crippen LogP contribution in [0.1, 0.15) is 10.4 Å². The minimum absolute atomic E-state index is 0.203. The van der Waals surface area contributed by atoms with Crippen molar-refractivity contribution in [2.24, 2.45) is 0 Å². The number of carbonyl (C=O) groups is 1. The summed E-state index contributed by atoms with van der Waals surface area (Å²) in [5, 5.41) is 6.18. The second-order valence-electron chi connectivity index (χ2n) is 6.37. The maximum absolute atomic E-state index is 12.5. The van der Waals surface area contributed by atoms with Crippen LogP contribution in [0.2, 0.25) is 0 Å². The summed E-state index contributed by atoms with van der Waals surface area (Å²) in [7, 11) is 0. The summed E-state index contributed by atoms with van der Waals surface area (Å²) in [6.07, 6.45) is 3.27. The van der Waals surface area contributed by atoms with Gasteiger partial charge in [-0.3, -0.25) is 14.7 Å². The van der Waals surface area contributed by atoms with Gasteiger partial charge in [-0.15, -0.1) is 0 Å². The molecule has 1 aromatic heterocycles. The van der Waals surface area contributed by atoms with Crippen molar-refractivity contribution in [1.29, 1.82) is 0 Å². The fourth-order valence-electron chi connectivity index (χ4n) is 3.02. The molecule has 142 valence electrons. The minimum Gasteiger partial charge on any atom is -0.454 e. The van der Waals surface area contributed by atoms with Crippen LogP contribution >= 0.6 is 0 Å². The first-order chi connectivity index (χ1) is 13.3. The van der Waals surface area contributed by atoms with E-state index in [1.807, 2.05) is 0 Å². The number of amides is 1. The topological polar surface area (TPSA) is 85.0 Å². The Morgan fingerprint density at radius 1 is 1.07 bits per heavy atom. The van der Waals surface area contributed by atoms with Crippen LogP contribution in [0.3, 0.4) is 0 Å². The van der Waals surface area contributed by atoms with Gasteiger partial charge in [-0.1, -0.05) is 0 Å². The van der Waals surface area contributed by atoms with Crippen molar-refractivity contribution in [2.45, 2.75) is 0 Å². The van der Waals surface area contributed by atoms with E-state index in [-0.39, 0.29) is 12.7 Å². The average Bonchev–Trinajstić information content (AvgIpc) is 3.17. The van der Waals surface area contributed by atoms with Crippen LogP contribution in [-0.2, 0) is 4.74 Å². The highest BCUT2D eigenvalue weighted by molar-refractivity contribution is 6.04. The number of pyridine rings is 1. The molecular weight excluding hydrogens is 348 g/mol. The Hall–Kier alpha value is -2.84. The molecule has 1 saturated heterocycles. The number of benzene rings is 1. The molecule has 0 spiro atoms. The lowest BCUT2D eigenvalue weighted by Gasteiger charge is -2.26. The van der Waals surface area contributed by atoms with Crippen LogP contribution in [0.25, 0.3) is 0 Å². The molecule has 1 fully saturated rings. The Labute approximate surface area is 157 Å². The number of rotatable bonds is 6. The number of fused-ring (bicyclic) bond motifs is 1. The van der Waals surface area contributed by atoms with Gasteiger partial charge < -0.3 is 24.8 Å². The molecule has 0 atom stereocenters. The summed E-state index contributed by atoms with van der Waals surface area (Å²) in [6, 6.07) is 7.11. The number of hydrogen-bond acceptors (Lipinski definition) is 7. The van der Waals surface area contributed by atoms with Crippen molar-refractivity contribution >= 4 is 17.3 Å². The highest BCUT2D eigenvalue weighted by atomic mass is 16.7. The van der Waals surface area contributed by atoms with E-state index in [9.17, 15) is 4.79 Å². The SMILES string of the molecule is O=C(Nc1ccc2c(c1)OCO2)c1cncc(NCCN2CCOCC2)c1. The number of morpholine rings is 1. The number of anilines is 2. The molecule has 0 unspecified atom stereocenters. The summed E-state index contributed by atoms with van der Waals surface area (Å²) in [4.78, 5) is 19.0. The molecule has 2 aliphatic rings. The first kappa shape index (κ1) is 17.6. The molecule has 27 heavy (non-hydrogen) atoms. The van der Waals surface area contributed by atoms with Gasteiger partial charge in [-0.05, 0) is 18.2 Å². The molecule has 8 heteroatoms. The molecule has 2 N–H and O–H groups in total. The molecule has 3 heterocycles. The van der Waals surface area contributed by atoms with Crippen LogP contribution in [0, 0.1) is 0 Å². The van der Waals surface area contributed by atoms with E-state index in [0.717, 1.165) is 45.1 Å². The monoisotopic (exact) mass is 370 g/mol. The zero-order chi connectivity index (χ0) is 18.5. The molecular formula is C19H22N4O4. The molecule has 0 saturated carbocycles. The number of carbonyl (C=O) groups excluding carboxylic acids is 1. The largest absolute Gasteiger partial charge is 0.454 e. The van der Waals surface area contributed by atoms with Gasteiger partial charge >= 0.3 is 0 Å². The lowest BCUT2D eigenvalue weighted by atomic mass is 10.2. The highest BCUT2D eigenvalue weighted by Gasteiger charge is 2.15. The van der Waals surface area contributed by atoms with Crippen LogP contribution < -0.4 is 20.1 Å². The molecule has 8 nitrogen and oxygen atoms in total. The van der Waals surface area contributed by atoms with Crippen molar-refractivity contribution in [3.63, 3.8) is 0 Å². The number of nitrogens with zero attached hydrogens (tertiary/aromatic N) is 2. The Morgan fingerprint density at radius 3 is 2.81 bits per heavy atom. The summed E-state index contributed by atoms with van der Waals surface area (Å²) in [5.41, 5.74) is 1.96. The minimum atomic E-state index is -0.224. The van der Waals surface area contributed by atoms with E-state index < -0.39 is 0 Å². The summed E-state index contributed by atoms with van der Waals surface area (Å²) < 4.78 is 16.0. The second kappa shape index (κ2) is 8.24. The third-order valence-corrected chi connectivity index (χ3v) is 4.49. The fraction of sp³-hybridized carbons (Fsp3) is 0.368. The first-order valence-corrected chi connectivity index (χ1v) is 8.98. The van der Waals surface area contributed by atoms with Gasteiger partial charge in [-0.25, -0.2) is 0 Å². The van der Waals surface area contributed by atoms with Crippen molar-refractivity contribution in [2.75, 3.05) is 56.8 Å². The van der Waals surface area contributed by atoms with Gasteiger partial charge in [0.05, 0.1) is 24.5 Å². The number of aromatic nitrogens is 1. The van der Waals surface area contributed by atoms with E-state index in [4.69, 9.17) is 14.2 Å². The molecule has 2 aromatic rings. The molecule has 0 bridgehead atoms. The Kier molecular flexibility index (Phi) is 5.36. The second-order valence-corrected chi connectivity index (χ2v) is 6.37. The van der Waals surface area contributed by atoms with E-state index >= 15 is 0 Å². The van der Waals surface area contributed by atoms with E-state index in [1.165, 1.54) is 0 Å². The first-order valence-electron chi connectivity index (χ1n) is 8.98. The third kappa shape index (κ3) is 4.47. The van der Waals surface area contributed by atoms with Gasteiger partial charge in [0, 0.05) is 50.3 Å². The smallest absolute Gasteiger partial charge is 0.257 e. The van der Waals surface area contributed by atoms with Crippen molar-refractivity contribution in [3.8, 4) is 11.5 Å². The molecule has 1 amide bonds. The molecule has 1 aromatic carbocycles. The average molecular weight is 370 g/mol. The van der Waals surface area contributed by atoms with Crippen molar-refractivity contribution in [1.82, 2.24) is 9.88 Å². The van der Waals surface area contributed by atoms with Crippen molar-refractivity contribution in [3.05, 3.63) is 42.2 Å². The molecule has 0 aliphatic carbocycles. The molecule has 0 radical (unpaired) electrons. The van der Waals surface area contributed by atoms with Gasteiger partial charge in [-0.2, -0.15) is 0 Å². The number of nitrogens with one attached hydrogen (secondary N) is 2. The normalized spacial score (nSPS) is 16.1. The maximum Gasteiger partial charge on any atom is 0.257 e. The lowest BCUT2D eigenvalue weighted by Crippen LogP contribution is -2.39. The molecule has 2 aliphatic heterocycles. The van der Waals surface area contributed by atoms with Crippen LogP contribution in [0.15, 0.2) is 36.7 Å². The standard InChI is InChI=1S/C19H22N4O4/c24-19(22-15-1-2-17-18(10-15)27-13-26-17)14-9-16(12-20-11-14)21-3-4-23-5-7-25-8-6-23/h1-2,9-12,21H,3-8,13H2,(H,22,24). The summed E-state index contributed by atoms with van der Waals surface area (Å²) >= 11 is 0. The summed E-state index contributed by atoms with van der Waals surface area (Å²) in [5.74, 6) is 1.09. The Morgan fingerprint density at radius 2 is 1.93 bits per heavy atom. The van der Waals surface area contributed by atoms with E-state index in [2.05, 4.69) is 20.5 Å². The maximum atomic E-state index is 12.5. The number of ether oxygens (including phenoxy) is 3. The third-order valence-electron chi connectivity index (χ3n) is 4.49. The predicted molar refractivity (Wildman–Crippen MR) is 101 cm³/mol. The number of hydrogen-bond donors (Lipinski definition) is 2. The van der Waals surface area contributed by atoms with Gasteiger partial charge in [0.2, 0.25) is 6.79 Å². The molecule has 4 rings (SSSR count). The zero-order valence-corrected chi connectivity index (χ0v) is 14.9. The predicted octanol–water partition coefficient (Wildman–Crippen LogP) is 1.81. The lowest BCUT2D eigenvalue weighted by molar-refractivity contribution is 0.0398. The quantitative estimate of drug-likeness (QED) is 0.802. The van der Waals surface area contributed by atoms with Crippen LogP contribution in [0.5, 0.6) is 11.5 Å². The van der Waals surface area contributed by atoms with Crippen LogP contribution in [0.4, 0.5) is 11.4 Å². The van der Waals surface area contributed by atoms with Gasteiger partial charge in [0.1, 0.15) is 0 Å². The van der Waals surface area contributed by atoms with Crippen LogP contribution in [-0.4, -0.2) is 62.0 Å². The zero-order valence-electron chi connectivity index (χ0n) is 14.9. The van der Waals surface area contributed by atoms with Gasteiger partial charge in [0.15, 0.2) is 11.5 Å². The van der Waals surface area contributed by atoms with E-state index in [1.54, 1.807) is 36.7 Å². The van der Waals surface area contributed by atoms with E-state index in [0.29, 0.717) is 22.7 Å². The van der Waals surface area contributed by atoms with Crippen molar-refractivity contribution < 1.29 is 19.0 Å².